The molecule has 0 amide bonds. The third-order valence-corrected chi connectivity index (χ3v) is 4.04. The van der Waals surface area contributed by atoms with Crippen LogP contribution in [0.15, 0.2) is 18.2 Å². The first-order chi connectivity index (χ1) is 11.2. The van der Waals surface area contributed by atoms with Crippen molar-refractivity contribution in [3.05, 3.63) is 28.9 Å². The number of piperidine rings is 1. The SMILES string of the molecule is Cn1nc(C2CCNCC2)c2cc(Cl)ccc21.O=C(O)C(F)(F)F. The van der Waals surface area contributed by atoms with Gasteiger partial charge in [-0.2, -0.15) is 18.3 Å². The Morgan fingerprint density at radius 1 is 1.38 bits per heavy atom. The summed E-state index contributed by atoms with van der Waals surface area (Å²) in [4.78, 5) is 8.90. The van der Waals surface area contributed by atoms with Crippen LogP contribution in [-0.2, 0) is 11.8 Å². The first-order valence-electron chi connectivity index (χ1n) is 7.33. The van der Waals surface area contributed by atoms with E-state index < -0.39 is 12.1 Å². The van der Waals surface area contributed by atoms with Crippen molar-refractivity contribution in [1.82, 2.24) is 15.1 Å². The highest BCUT2D eigenvalue weighted by Gasteiger charge is 2.38. The zero-order valence-electron chi connectivity index (χ0n) is 12.9. The Morgan fingerprint density at radius 2 is 1.96 bits per heavy atom. The van der Waals surface area contributed by atoms with E-state index in [2.05, 4.69) is 16.5 Å². The highest BCUT2D eigenvalue weighted by atomic mass is 35.5. The smallest absolute Gasteiger partial charge is 0.475 e. The predicted octanol–water partition coefficient (Wildman–Crippen LogP) is 3.33. The van der Waals surface area contributed by atoms with Crippen molar-refractivity contribution in [2.75, 3.05) is 13.1 Å². The quantitative estimate of drug-likeness (QED) is 0.815. The van der Waals surface area contributed by atoms with Gasteiger partial charge in [0.2, 0.25) is 0 Å². The molecule has 1 aromatic carbocycles. The number of hydrogen-bond acceptors (Lipinski definition) is 3. The molecule has 9 heteroatoms. The number of alkyl halides is 3. The molecule has 0 atom stereocenters. The van der Waals surface area contributed by atoms with Crippen LogP contribution in [-0.4, -0.2) is 40.1 Å². The Kier molecular flexibility index (Phi) is 5.71. The Bertz CT molecular complexity index is 725. The third-order valence-electron chi connectivity index (χ3n) is 3.81. The number of carboxylic acid groups (broad SMARTS) is 1. The van der Waals surface area contributed by atoms with Crippen molar-refractivity contribution >= 4 is 28.5 Å². The first-order valence-corrected chi connectivity index (χ1v) is 7.71. The molecule has 0 bridgehead atoms. The third kappa shape index (κ3) is 4.39. The van der Waals surface area contributed by atoms with Crippen molar-refractivity contribution in [1.29, 1.82) is 0 Å². The van der Waals surface area contributed by atoms with Crippen molar-refractivity contribution in [3.8, 4) is 0 Å². The molecule has 2 heterocycles. The maximum Gasteiger partial charge on any atom is 0.490 e. The second kappa shape index (κ2) is 7.40. The highest BCUT2D eigenvalue weighted by Crippen LogP contribution is 2.31. The van der Waals surface area contributed by atoms with E-state index in [4.69, 9.17) is 21.5 Å². The average molecular weight is 364 g/mol. The molecular formula is C15H17ClF3N3O2. The molecular weight excluding hydrogens is 347 g/mol. The zero-order valence-corrected chi connectivity index (χ0v) is 13.7. The van der Waals surface area contributed by atoms with Gasteiger partial charge in [-0.1, -0.05) is 11.6 Å². The Labute approximate surface area is 141 Å². The number of aliphatic carboxylic acids is 1. The van der Waals surface area contributed by atoms with Crippen LogP contribution in [0.5, 0.6) is 0 Å². The van der Waals surface area contributed by atoms with E-state index in [9.17, 15) is 13.2 Å². The Morgan fingerprint density at radius 3 is 2.50 bits per heavy atom. The fourth-order valence-corrected chi connectivity index (χ4v) is 2.83. The summed E-state index contributed by atoms with van der Waals surface area (Å²) in [6.45, 7) is 2.17. The fraction of sp³-hybridized carbons (Fsp3) is 0.467. The van der Waals surface area contributed by atoms with Crippen LogP contribution in [0.3, 0.4) is 0 Å². The van der Waals surface area contributed by atoms with Crippen LogP contribution < -0.4 is 5.32 Å². The number of nitrogens with zero attached hydrogens (tertiary/aromatic N) is 2. The molecule has 132 valence electrons. The summed E-state index contributed by atoms with van der Waals surface area (Å²) in [6.07, 6.45) is -2.75. The monoisotopic (exact) mass is 363 g/mol. The van der Waals surface area contributed by atoms with Crippen molar-refractivity contribution < 1.29 is 23.1 Å². The van der Waals surface area contributed by atoms with Crippen LogP contribution in [0.1, 0.15) is 24.5 Å². The van der Waals surface area contributed by atoms with Gasteiger partial charge in [0.25, 0.3) is 0 Å². The van der Waals surface area contributed by atoms with Gasteiger partial charge in [0, 0.05) is 23.4 Å². The molecule has 5 nitrogen and oxygen atoms in total. The number of halogens is 4. The Hall–Kier alpha value is -1.80. The number of fused-ring (bicyclic) bond motifs is 1. The molecule has 0 saturated carbocycles. The van der Waals surface area contributed by atoms with Gasteiger partial charge in [0.05, 0.1) is 11.2 Å². The molecule has 2 N–H and O–H groups in total. The molecule has 0 unspecified atom stereocenters. The van der Waals surface area contributed by atoms with Gasteiger partial charge in [-0.25, -0.2) is 4.79 Å². The summed E-state index contributed by atoms with van der Waals surface area (Å²) >= 11 is 6.09. The number of hydrogen-bond donors (Lipinski definition) is 2. The zero-order chi connectivity index (χ0) is 17.9. The number of rotatable bonds is 1. The standard InChI is InChI=1S/C13H16ClN3.C2HF3O2/c1-17-12-3-2-10(14)8-11(12)13(16-17)9-4-6-15-7-5-9;3-2(4,5)1(6)7/h2-3,8-9,15H,4-7H2,1H3;(H,6,7). The molecule has 0 radical (unpaired) electrons. The van der Waals surface area contributed by atoms with Crippen molar-refractivity contribution in [3.63, 3.8) is 0 Å². The van der Waals surface area contributed by atoms with Gasteiger partial charge in [0.1, 0.15) is 0 Å². The van der Waals surface area contributed by atoms with Crippen LogP contribution in [0, 0.1) is 0 Å². The van der Waals surface area contributed by atoms with Gasteiger partial charge < -0.3 is 10.4 Å². The molecule has 0 spiro atoms. The van der Waals surface area contributed by atoms with E-state index in [1.807, 2.05) is 23.9 Å². The highest BCUT2D eigenvalue weighted by molar-refractivity contribution is 6.31. The molecule has 3 rings (SSSR count). The summed E-state index contributed by atoms with van der Waals surface area (Å²) in [5.74, 6) is -2.19. The summed E-state index contributed by atoms with van der Waals surface area (Å²) in [7, 11) is 2.00. The second-order valence-electron chi connectivity index (χ2n) is 5.50. The van der Waals surface area contributed by atoms with Crippen molar-refractivity contribution in [2.24, 2.45) is 7.05 Å². The van der Waals surface area contributed by atoms with E-state index in [1.165, 1.54) is 29.4 Å². The number of aromatic nitrogens is 2. The summed E-state index contributed by atoms with van der Waals surface area (Å²) in [5.41, 5.74) is 2.38. The van der Waals surface area contributed by atoms with Crippen LogP contribution >= 0.6 is 11.6 Å². The minimum atomic E-state index is -5.08. The first kappa shape index (κ1) is 18.5. The van der Waals surface area contributed by atoms with Gasteiger partial charge in [-0.3, -0.25) is 4.68 Å². The van der Waals surface area contributed by atoms with Gasteiger partial charge >= 0.3 is 12.1 Å². The number of aryl methyl sites for hydroxylation is 1. The molecule has 1 saturated heterocycles. The number of nitrogens with one attached hydrogen (secondary N) is 1. The lowest BCUT2D eigenvalue weighted by Gasteiger charge is -2.21. The normalized spacial score (nSPS) is 15.9. The van der Waals surface area contributed by atoms with E-state index in [1.54, 1.807) is 0 Å². The molecule has 1 aliphatic heterocycles. The predicted molar refractivity (Wildman–Crippen MR) is 84.3 cm³/mol. The number of carboxylic acids is 1. The van der Waals surface area contributed by atoms with Gasteiger partial charge in [-0.15, -0.1) is 0 Å². The maximum atomic E-state index is 10.6. The molecule has 1 fully saturated rings. The number of carbonyl (C=O) groups is 1. The molecule has 1 aliphatic rings. The minimum Gasteiger partial charge on any atom is -0.475 e. The summed E-state index contributed by atoms with van der Waals surface area (Å²) < 4.78 is 33.7. The molecule has 24 heavy (non-hydrogen) atoms. The molecule has 1 aromatic heterocycles. The molecule has 0 aliphatic carbocycles. The maximum absolute atomic E-state index is 10.6. The van der Waals surface area contributed by atoms with Gasteiger partial charge in [-0.05, 0) is 44.1 Å². The molecule has 2 aromatic rings. The van der Waals surface area contributed by atoms with E-state index in [-0.39, 0.29) is 0 Å². The van der Waals surface area contributed by atoms with Crippen LogP contribution in [0.2, 0.25) is 5.02 Å². The lowest BCUT2D eigenvalue weighted by molar-refractivity contribution is -0.192. The minimum absolute atomic E-state index is 0.568. The summed E-state index contributed by atoms with van der Waals surface area (Å²) in [5, 5.41) is 17.2. The Balaban J connectivity index is 0.000000256. The van der Waals surface area contributed by atoms with E-state index in [0.29, 0.717) is 5.92 Å². The fourth-order valence-electron chi connectivity index (χ4n) is 2.66. The van der Waals surface area contributed by atoms with Crippen LogP contribution in [0.25, 0.3) is 10.9 Å². The lowest BCUT2D eigenvalue weighted by Crippen LogP contribution is -2.26. The second-order valence-corrected chi connectivity index (χ2v) is 5.93. The van der Waals surface area contributed by atoms with Gasteiger partial charge in [0.15, 0.2) is 0 Å². The topological polar surface area (TPSA) is 67.2 Å². The number of benzene rings is 1. The van der Waals surface area contributed by atoms with E-state index in [0.717, 1.165) is 18.1 Å². The van der Waals surface area contributed by atoms with Crippen molar-refractivity contribution in [2.45, 2.75) is 24.9 Å². The summed E-state index contributed by atoms with van der Waals surface area (Å²) in [6, 6.07) is 6.02. The van der Waals surface area contributed by atoms with Crippen LogP contribution in [0.4, 0.5) is 13.2 Å². The largest absolute Gasteiger partial charge is 0.490 e. The lowest BCUT2D eigenvalue weighted by atomic mass is 9.93. The average Bonchev–Trinajstić information content (AvgIpc) is 2.84. The van der Waals surface area contributed by atoms with E-state index >= 15 is 0 Å².